The molecule has 30 heavy (non-hydrogen) atoms. The lowest BCUT2D eigenvalue weighted by atomic mass is 10.1. The lowest BCUT2D eigenvalue weighted by Crippen LogP contribution is -2.47. The van der Waals surface area contributed by atoms with E-state index in [9.17, 15) is 13.2 Å². The molecule has 2 atom stereocenters. The van der Waals surface area contributed by atoms with Crippen LogP contribution >= 0.6 is 24.0 Å². The van der Waals surface area contributed by atoms with Gasteiger partial charge in [-0.15, -0.1) is 12.4 Å². The second kappa shape index (κ2) is 10.6. The molecule has 0 radical (unpaired) electrons. The first kappa shape index (κ1) is 24.7. The fourth-order valence-corrected chi connectivity index (χ4v) is 4.62. The highest BCUT2D eigenvalue weighted by Gasteiger charge is 2.31. The Kier molecular flexibility index (Phi) is 8.73. The molecule has 0 spiro atoms. The number of rotatable bonds is 7. The number of carbonyl (C=O) groups is 1. The Bertz CT molecular complexity index is 947. The van der Waals surface area contributed by atoms with Gasteiger partial charge < -0.3 is 10.2 Å². The van der Waals surface area contributed by atoms with Crippen molar-refractivity contribution in [1.82, 2.24) is 10.2 Å². The van der Waals surface area contributed by atoms with Crippen molar-refractivity contribution in [2.75, 3.05) is 19.8 Å². The number of carbonyl (C=O) groups excluding carboxylic acids is 1. The van der Waals surface area contributed by atoms with Gasteiger partial charge in [0.1, 0.15) is 0 Å². The molecule has 2 unspecified atom stereocenters. The normalized spacial score (nSPS) is 18.8. The summed E-state index contributed by atoms with van der Waals surface area (Å²) in [5.41, 5.74) is 1.72. The standard InChI is InChI=1S/C22H27ClN2O3S.ClH/c1-25(15-14-16-6-10-18(23)11-7-16)21-5-3-4-20(21)24-22(26)17-8-12-19(13-9-17)29(2,27)28;/h6-13,20-21H,3-5,14-15H2,1-2H3,(H,24,26);1H. The lowest BCUT2D eigenvalue weighted by Gasteiger charge is -2.30. The number of benzene rings is 2. The Hall–Kier alpha value is -1.60. The van der Waals surface area contributed by atoms with Crippen LogP contribution in [-0.4, -0.2) is 51.2 Å². The summed E-state index contributed by atoms with van der Waals surface area (Å²) in [5.74, 6) is -0.159. The number of hydrogen-bond acceptors (Lipinski definition) is 4. The molecule has 1 N–H and O–H groups in total. The molecule has 1 aliphatic carbocycles. The number of halogens is 2. The van der Waals surface area contributed by atoms with Gasteiger partial charge in [0.05, 0.1) is 4.90 Å². The Morgan fingerprint density at radius 2 is 1.73 bits per heavy atom. The molecule has 3 rings (SSSR count). The first-order chi connectivity index (χ1) is 13.7. The van der Waals surface area contributed by atoms with Crippen molar-refractivity contribution in [1.29, 1.82) is 0 Å². The molecule has 1 saturated carbocycles. The SMILES string of the molecule is CN(CCc1ccc(Cl)cc1)C1CCCC1NC(=O)c1ccc(S(C)(=O)=O)cc1.Cl. The van der Waals surface area contributed by atoms with Crippen molar-refractivity contribution in [3.63, 3.8) is 0 Å². The zero-order valence-electron chi connectivity index (χ0n) is 17.2. The van der Waals surface area contributed by atoms with Crippen LogP contribution in [0, 0.1) is 0 Å². The molecule has 0 bridgehead atoms. The first-order valence-corrected chi connectivity index (χ1v) is 12.1. The van der Waals surface area contributed by atoms with Crippen molar-refractivity contribution in [3.05, 3.63) is 64.7 Å². The Balaban J connectivity index is 0.00000320. The van der Waals surface area contributed by atoms with E-state index in [0.717, 1.165) is 43.5 Å². The topological polar surface area (TPSA) is 66.5 Å². The van der Waals surface area contributed by atoms with Gasteiger partial charge in [0.2, 0.25) is 0 Å². The second-order valence-corrected chi connectivity index (χ2v) is 10.2. The predicted octanol–water partition coefficient (Wildman–Crippen LogP) is 3.99. The van der Waals surface area contributed by atoms with Crippen LogP contribution in [-0.2, 0) is 16.3 Å². The third-order valence-corrected chi connectivity index (χ3v) is 6.95. The van der Waals surface area contributed by atoms with Gasteiger partial charge in [0.25, 0.3) is 5.91 Å². The van der Waals surface area contributed by atoms with Crippen LogP contribution in [0.25, 0.3) is 0 Å². The third kappa shape index (κ3) is 6.45. The van der Waals surface area contributed by atoms with E-state index in [1.54, 1.807) is 12.1 Å². The van der Waals surface area contributed by atoms with Crippen molar-refractivity contribution < 1.29 is 13.2 Å². The van der Waals surface area contributed by atoms with E-state index in [1.807, 2.05) is 24.3 Å². The van der Waals surface area contributed by atoms with E-state index in [4.69, 9.17) is 11.6 Å². The molecule has 164 valence electrons. The minimum Gasteiger partial charge on any atom is -0.348 e. The first-order valence-electron chi connectivity index (χ1n) is 9.80. The van der Waals surface area contributed by atoms with Crippen molar-refractivity contribution in [2.24, 2.45) is 0 Å². The summed E-state index contributed by atoms with van der Waals surface area (Å²) in [6.07, 6.45) is 5.16. The molecule has 1 fully saturated rings. The minimum atomic E-state index is -3.27. The van der Waals surface area contributed by atoms with E-state index in [1.165, 1.54) is 17.7 Å². The number of likely N-dealkylation sites (N-methyl/N-ethyl adjacent to an activating group) is 1. The summed E-state index contributed by atoms with van der Waals surface area (Å²) in [6, 6.07) is 14.4. The summed E-state index contributed by atoms with van der Waals surface area (Å²) in [5, 5.41) is 3.88. The van der Waals surface area contributed by atoms with Gasteiger partial charge in [-0.2, -0.15) is 0 Å². The van der Waals surface area contributed by atoms with E-state index in [2.05, 4.69) is 17.3 Å². The smallest absolute Gasteiger partial charge is 0.251 e. The maximum atomic E-state index is 12.6. The van der Waals surface area contributed by atoms with Gasteiger partial charge in [0.15, 0.2) is 9.84 Å². The summed E-state index contributed by atoms with van der Waals surface area (Å²) >= 11 is 5.95. The molecule has 2 aromatic rings. The Morgan fingerprint density at radius 1 is 1.10 bits per heavy atom. The molecule has 8 heteroatoms. The van der Waals surface area contributed by atoms with Gasteiger partial charge in [-0.1, -0.05) is 23.7 Å². The molecular formula is C22H28Cl2N2O3S. The maximum absolute atomic E-state index is 12.6. The number of sulfone groups is 1. The van der Waals surface area contributed by atoms with Gasteiger partial charge in [-0.05, 0) is 74.7 Å². The predicted molar refractivity (Wildman–Crippen MR) is 123 cm³/mol. The second-order valence-electron chi connectivity index (χ2n) is 7.73. The average molecular weight is 471 g/mol. The van der Waals surface area contributed by atoms with Crippen LogP contribution in [0.15, 0.2) is 53.4 Å². The number of amides is 1. The van der Waals surface area contributed by atoms with Crippen LogP contribution < -0.4 is 5.32 Å². The summed E-state index contributed by atoms with van der Waals surface area (Å²) in [4.78, 5) is 15.2. The number of nitrogens with one attached hydrogen (secondary N) is 1. The molecule has 5 nitrogen and oxygen atoms in total. The molecule has 1 amide bonds. The van der Waals surface area contributed by atoms with Crippen LogP contribution in [0.4, 0.5) is 0 Å². The van der Waals surface area contributed by atoms with E-state index < -0.39 is 9.84 Å². The third-order valence-electron chi connectivity index (χ3n) is 5.57. The van der Waals surface area contributed by atoms with Crippen LogP contribution in [0.5, 0.6) is 0 Å². The lowest BCUT2D eigenvalue weighted by molar-refractivity contribution is 0.0913. The maximum Gasteiger partial charge on any atom is 0.251 e. The summed E-state index contributed by atoms with van der Waals surface area (Å²) in [7, 11) is -1.16. The molecule has 0 aliphatic heterocycles. The molecule has 0 saturated heterocycles. The fraction of sp³-hybridized carbons (Fsp3) is 0.409. The molecule has 0 heterocycles. The van der Waals surface area contributed by atoms with Crippen molar-refractivity contribution in [3.8, 4) is 0 Å². The largest absolute Gasteiger partial charge is 0.348 e. The highest BCUT2D eigenvalue weighted by atomic mass is 35.5. The van der Waals surface area contributed by atoms with Crippen LogP contribution in [0.3, 0.4) is 0 Å². The number of nitrogens with zero attached hydrogens (tertiary/aromatic N) is 1. The monoisotopic (exact) mass is 470 g/mol. The molecule has 1 aliphatic rings. The highest BCUT2D eigenvalue weighted by molar-refractivity contribution is 7.90. The van der Waals surface area contributed by atoms with E-state index in [0.29, 0.717) is 11.6 Å². The average Bonchev–Trinajstić information content (AvgIpc) is 3.15. The van der Waals surface area contributed by atoms with E-state index >= 15 is 0 Å². The highest BCUT2D eigenvalue weighted by Crippen LogP contribution is 2.24. The summed E-state index contributed by atoms with van der Waals surface area (Å²) in [6.45, 7) is 0.904. The van der Waals surface area contributed by atoms with Gasteiger partial charge in [0, 0.05) is 35.5 Å². The van der Waals surface area contributed by atoms with Crippen molar-refractivity contribution in [2.45, 2.75) is 42.7 Å². The number of hydrogen-bond donors (Lipinski definition) is 1. The van der Waals surface area contributed by atoms with Gasteiger partial charge in [-0.3, -0.25) is 4.79 Å². The molecular weight excluding hydrogens is 443 g/mol. The summed E-state index contributed by atoms with van der Waals surface area (Å²) < 4.78 is 23.2. The van der Waals surface area contributed by atoms with E-state index in [-0.39, 0.29) is 29.3 Å². The zero-order chi connectivity index (χ0) is 21.0. The quantitative estimate of drug-likeness (QED) is 0.663. The van der Waals surface area contributed by atoms with Crippen molar-refractivity contribution >= 4 is 39.8 Å². The molecule has 0 aromatic heterocycles. The zero-order valence-corrected chi connectivity index (χ0v) is 19.6. The van der Waals surface area contributed by atoms with Gasteiger partial charge >= 0.3 is 0 Å². The Labute approximate surface area is 190 Å². The fourth-order valence-electron chi connectivity index (χ4n) is 3.86. The van der Waals surface area contributed by atoms with Crippen LogP contribution in [0.1, 0.15) is 35.2 Å². The Morgan fingerprint density at radius 3 is 2.33 bits per heavy atom. The van der Waals surface area contributed by atoms with Crippen LogP contribution in [0.2, 0.25) is 5.02 Å². The minimum absolute atomic E-state index is 0. The molecule has 2 aromatic carbocycles. The van der Waals surface area contributed by atoms with Gasteiger partial charge in [-0.25, -0.2) is 8.42 Å².